The number of amides is 6. The average molecular weight is 395 g/mol. The van der Waals surface area contributed by atoms with Crippen LogP contribution in [0.15, 0.2) is 24.3 Å². The molecule has 0 bridgehead atoms. The van der Waals surface area contributed by atoms with Crippen molar-refractivity contribution in [2.24, 2.45) is 5.92 Å². The molecule has 8 nitrogen and oxygen atoms in total. The number of nitrogens with one attached hydrogen (secondary N) is 3. The lowest BCUT2D eigenvalue weighted by Crippen LogP contribution is -2.47. The molecule has 0 unspecified atom stereocenters. The van der Waals surface area contributed by atoms with Crippen molar-refractivity contribution in [1.82, 2.24) is 20.9 Å². The van der Waals surface area contributed by atoms with Gasteiger partial charge in [-0.05, 0) is 37.0 Å². The van der Waals surface area contributed by atoms with Gasteiger partial charge in [0.05, 0.1) is 0 Å². The minimum absolute atomic E-state index is 0.414. The molecule has 146 valence electrons. The van der Waals surface area contributed by atoms with Crippen molar-refractivity contribution in [3.63, 3.8) is 0 Å². The molecule has 1 atom stereocenters. The number of hydrogen-bond acceptors (Lipinski definition) is 4. The van der Waals surface area contributed by atoms with Gasteiger partial charge < -0.3 is 10.6 Å². The second-order valence-electron chi connectivity index (χ2n) is 6.94. The lowest BCUT2D eigenvalue weighted by Gasteiger charge is -2.22. The Morgan fingerprint density at radius 3 is 2.44 bits per heavy atom. The Bertz CT molecular complexity index is 750. The fraction of sp³-hybridized carbons (Fsp3) is 0.444. The Labute approximate surface area is 162 Å². The van der Waals surface area contributed by atoms with Crippen LogP contribution in [-0.4, -0.2) is 41.9 Å². The van der Waals surface area contributed by atoms with E-state index >= 15 is 0 Å². The molecule has 2 rings (SSSR count). The van der Waals surface area contributed by atoms with Gasteiger partial charge in [-0.25, -0.2) is 9.59 Å². The van der Waals surface area contributed by atoms with E-state index in [4.69, 9.17) is 11.6 Å². The maximum atomic E-state index is 12.7. The summed E-state index contributed by atoms with van der Waals surface area (Å²) in [6.45, 7) is 5.45. The fourth-order valence-electron chi connectivity index (χ4n) is 2.65. The standard InChI is InChI=1S/C18H23ClN4O4/c1-11(2)8-9-20-16(26)21-14(24)10-23-15(25)18(3,22-17(23)27)12-4-6-13(19)7-5-12/h4-7,11H,8-10H2,1-3H3,(H,22,27)(H2,20,21,24,26)/t18-/m1/s1. The predicted molar refractivity (Wildman–Crippen MR) is 100 cm³/mol. The number of urea groups is 2. The molecule has 0 saturated carbocycles. The van der Waals surface area contributed by atoms with Crippen molar-refractivity contribution in [3.8, 4) is 0 Å². The van der Waals surface area contributed by atoms with Crippen LogP contribution in [0.5, 0.6) is 0 Å². The quantitative estimate of drug-likeness (QED) is 0.641. The summed E-state index contributed by atoms with van der Waals surface area (Å²) in [7, 11) is 0. The molecule has 9 heteroatoms. The normalized spacial score (nSPS) is 19.2. The Morgan fingerprint density at radius 2 is 1.85 bits per heavy atom. The van der Waals surface area contributed by atoms with E-state index in [2.05, 4.69) is 16.0 Å². The Hall–Kier alpha value is -2.61. The lowest BCUT2D eigenvalue weighted by atomic mass is 9.92. The van der Waals surface area contributed by atoms with Crippen LogP contribution in [0.4, 0.5) is 9.59 Å². The van der Waals surface area contributed by atoms with Crippen LogP contribution in [0.25, 0.3) is 0 Å². The Morgan fingerprint density at radius 1 is 1.22 bits per heavy atom. The molecule has 1 aromatic carbocycles. The summed E-state index contributed by atoms with van der Waals surface area (Å²) in [6.07, 6.45) is 0.772. The van der Waals surface area contributed by atoms with Crippen molar-refractivity contribution in [2.45, 2.75) is 32.7 Å². The Balaban J connectivity index is 1.97. The van der Waals surface area contributed by atoms with Gasteiger partial charge in [-0.1, -0.05) is 37.6 Å². The van der Waals surface area contributed by atoms with Gasteiger partial charge in [0.2, 0.25) is 5.91 Å². The third-order valence-corrected chi connectivity index (χ3v) is 4.51. The molecule has 0 aromatic heterocycles. The van der Waals surface area contributed by atoms with E-state index in [0.717, 1.165) is 11.3 Å². The number of nitrogens with zero attached hydrogens (tertiary/aromatic N) is 1. The second kappa shape index (κ2) is 8.39. The van der Waals surface area contributed by atoms with E-state index < -0.39 is 36.0 Å². The lowest BCUT2D eigenvalue weighted by molar-refractivity contribution is -0.134. The maximum Gasteiger partial charge on any atom is 0.325 e. The highest BCUT2D eigenvalue weighted by Gasteiger charge is 2.49. The van der Waals surface area contributed by atoms with Crippen molar-refractivity contribution in [1.29, 1.82) is 0 Å². The largest absolute Gasteiger partial charge is 0.338 e. The number of benzene rings is 1. The molecule has 1 fully saturated rings. The van der Waals surface area contributed by atoms with Crippen LogP contribution >= 0.6 is 11.6 Å². The van der Waals surface area contributed by atoms with Crippen LogP contribution < -0.4 is 16.0 Å². The zero-order valence-corrected chi connectivity index (χ0v) is 16.2. The molecule has 27 heavy (non-hydrogen) atoms. The van der Waals surface area contributed by atoms with E-state index in [1.54, 1.807) is 31.2 Å². The molecule has 6 amide bonds. The summed E-state index contributed by atoms with van der Waals surface area (Å²) >= 11 is 5.85. The Kier molecular flexibility index (Phi) is 6.43. The molecular weight excluding hydrogens is 372 g/mol. The zero-order valence-electron chi connectivity index (χ0n) is 15.5. The molecule has 1 heterocycles. The van der Waals surface area contributed by atoms with Crippen molar-refractivity contribution in [2.75, 3.05) is 13.1 Å². The summed E-state index contributed by atoms with van der Waals surface area (Å²) in [4.78, 5) is 49.4. The van der Waals surface area contributed by atoms with Crippen LogP contribution in [0, 0.1) is 5.92 Å². The molecule has 1 aliphatic heterocycles. The molecule has 1 aromatic rings. The van der Waals surface area contributed by atoms with Crippen molar-refractivity contribution < 1.29 is 19.2 Å². The highest BCUT2D eigenvalue weighted by Crippen LogP contribution is 2.29. The first-order chi connectivity index (χ1) is 12.6. The van der Waals surface area contributed by atoms with Crippen molar-refractivity contribution >= 4 is 35.5 Å². The van der Waals surface area contributed by atoms with Crippen LogP contribution in [0.1, 0.15) is 32.8 Å². The van der Waals surface area contributed by atoms with E-state index in [1.807, 2.05) is 13.8 Å². The summed E-state index contributed by atoms with van der Waals surface area (Å²) in [5.41, 5.74) is -0.763. The number of hydrogen-bond donors (Lipinski definition) is 3. The van der Waals surface area contributed by atoms with Gasteiger partial charge in [-0.2, -0.15) is 0 Å². The number of rotatable bonds is 6. The van der Waals surface area contributed by atoms with Crippen LogP contribution in [0.2, 0.25) is 5.02 Å². The number of imide groups is 2. The third kappa shape index (κ3) is 4.97. The van der Waals surface area contributed by atoms with Gasteiger partial charge >= 0.3 is 12.1 Å². The first-order valence-electron chi connectivity index (χ1n) is 8.61. The summed E-state index contributed by atoms with van der Waals surface area (Å²) < 4.78 is 0. The van der Waals surface area contributed by atoms with Gasteiger partial charge in [0.1, 0.15) is 12.1 Å². The first kappa shape index (κ1) is 20.7. The molecule has 1 saturated heterocycles. The summed E-state index contributed by atoms with van der Waals surface area (Å²) in [5.74, 6) is -0.913. The SMILES string of the molecule is CC(C)CCNC(=O)NC(=O)CN1C(=O)N[C@](C)(c2ccc(Cl)cc2)C1=O. The highest BCUT2D eigenvalue weighted by atomic mass is 35.5. The van der Waals surface area contributed by atoms with E-state index in [0.29, 0.717) is 23.0 Å². The number of halogens is 1. The molecule has 0 radical (unpaired) electrons. The highest BCUT2D eigenvalue weighted by molar-refractivity contribution is 6.30. The third-order valence-electron chi connectivity index (χ3n) is 4.26. The molecule has 0 spiro atoms. The van der Waals surface area contributed by atoms with Crippen LogP contribution in [-0.2, 0) is 15.1 Å². The van der Waals surface area contributed by atoms with Gasteiger partial charge in [0.15, 0.2) is 0 Å². The predicted octanol–water partition coefficient (Wildman–Crippen LogP) is 1.98. The average Bonchev–Trinajstić information content (AvgIpc) is 2.79. The van der Waals surface area contributed by atoms with Crippen molar-refractivity contribution in [3.05, 3.63) is 34.9 Å². The fourth-order valence-corrected chi connectivity index (χ4v) is 2.77. The molecule has 0 aliphatic carbocycles. The minimum atomic E-state index is -1.30. The van der Waals surface area contributed by atoms with Gasteiger partial charge in [-0.15, -0.1) is 0 Å². The maximum absolute atomic E-state index is 12.7. The summed E-state index contributed by atoms with van der Waals surface area (Å²) in [5, 5.41) is 7.75. The zero-order chi connectivity index (χ0) is 20.2. The smallest absolute Gasteiger partial charge is 0.325 e. The molecule has 3 N–H and O–H groups in total. The topological polar surface area (TPSA) is 108 Å². The minimum Gasteiger partial charge on any atom is -0.338 e. The van der Waals surface area contributed by atoms with Crippen LogP contribution in [0.3, 0.4) is 0 Å². The van der Waals surface area contributed by atoms with E-state index in [9.17, 15) is 19.2 Å². The van der Waals surface area contributed by atoms with E-state index in [1.165, 1.54) is 0 Å². The number of carbonyl (C=O) groups is 4. The monoisotopic (exact) mass is 394 g/mol. The first-order valence-corrected chi connectivity index (χ1v) is 8.99. The van der Waals surface area contributed by atoms with Gasteiger partial charge in [0.25, 0.3) is 5.91 Å². The summed E-state index contributed by atoms with van der Waals surface area (Å²) in [6, 6.07) is 5.12. The van der Waals surface area contributed by atoms with E-state index in [-0.39, 0.29) is 0 Å². The number of carbonyl (C=O) groups excluding carboxylic acids is 4. The molecular formula is C18H23ClN4O4. The second-order valence-corrected chi connectivity index (χ2v) is 7.38. The molecule has 1 aliphatic rings. The van der Waals surface area contributed by atoms with Gasteiger partial charge in [0, 0.05) is 11.6 Å². The van der Waals surface area contributed by atoms with Gasteiger partial charge in [-0.3, -0.25) is 19.8 Å².